The Labute approximate surface area is 83.4 Å². The van der Waals surface area contributed by atoms with Gasteiger partial charge in [0.1, 0.15) is 0 Å². The first-order valence-electron chi connectivity index (χ1n) is 3.87. The van der Waals surface area contributed by atoms with Gasteiger partial charge in [0.15, 0.2) is 0 Å². The van der Waals surface area contributed by atoms with Crippen molar-refractivity contribution >= 4 is 31.5 Å². The molecule has 2 rings (SSSR count). The molecular formula is C9H11ClS2. The molecule has 12 heavy (non-hydrogen) atoms. The van der Waals surface area contributed by atoms with Crippen molar-refractivity contribution in [3.63, 3.8) is 0 Å². The molecule has 1 heterocycles. The predicted octanol–water partition coefficient (Wildman–Crippen LogP) is 3.80. The van der Waals surface area contributed by atoms with Gasteiger partial charge in [0, 0.05) is 10.8 Å². The minimum Gasteiger partial charge on any atom is -0.168 e. The molecular weight excluding hydrogens is 208 g/mol. The highest BCUT2D eigenvalue weighted by Gasteiger charge is 2.28. The standard InChI is InChI=1S/C9H11ClS2/c1-12(7-6-11-12)9-4-2-8(10)3-5-9/h2-5H,6-7H2,1H3. The second kappa shape index (κ2) is 3.17. The van der Waals surface area contributed by atoms with E-state index >= 15 is 0 Å². The molecule has 1 fully saturated rings. The van der Waals surface area contributed by atoms with Crippen LogP contribution in [0.25, 0.3) is 0 Å². The third-order valence-corrected chi connectivity index (χ3v) is 8.92. The van der Waals surface area contributed by atoms with Crippen LogP contribution in [0, 0.1) is 0 Å². The van der Waals surface area contributed by atoms with Crippen LogP contribution in [0.15, 0.2) is 29.2 Å². The van der Waals surface area contributed by atoms with Gasteiger partial charge < -0.3 is 0 Å². The summed E-state index contributed by atoms with van der Waals surface area (Å²) < 4.78 is 0. The smallest absolute Gasteiger partial charge is 0.0406 e. The van der Waals surface area contributed by atoms with Gasteiger partial charge in [0.05, 0.1) is 0 Å². The van der Waals surface area contributed by atoms with Crippen LogP contribution in [0.4, 0.5) is 0 Å². The summed E-state index contributed by atoms with van der Waals surface area (Å²) in [5, 5.41) is 0.839. The van der Waals surface area contributed by atoms with E-state index in [1.54, 1.807) is 0 Å². The van der Waals surface area contributed by atoms with Gasteiger partial charge >= 0.3 is 0 Å². The van der Waals surface area contributed by atoms with Crippen molar-refractivity contribution in [2.24, 2.45) is 0 Å². The van der Waals surface area contributed by atoms with Crippen LogP contribution in [0.1, 0.15) is 0 Å². The van der Waals surface area contributed by atoms with Crippen LogP contribution < -0.4 is 0 Å². The molecule has 0 spiro atoms. The summed E-state index contributed by atoms with van der Waals surface area (Å²) in [6, 6.07) is 8.33. The maximum absolute atomic E-state index is 5.83. The van der Waals surface area contributed by atoms with Crippen LogP contribution in [-0.2, 0) is 0 Å². The molecule has 0 bridgehead atoms. The van der Waals surface area contributed by atoms with Crippen LogP contribution in [0.3, 0.4) is 0 Å². The molecule has 0 radical (unpaired) electrons. The van der Waals surface area contributed by atoms with Gasteiger partial charge in [-0.15, -0.1) is 10.8 Å². The molecule has 1 aliphatic heterocycles. The van der Waals surface area contributed by atoms with Crippen molar-refractivity contribution < 1.29 is 0 Å². The number of halogens is 1. The fourth-order valence-electron chi connectivity index (χ4n) is 1.24. The highest BCUT2D eigenvalue weighted by Crippen LogP contribution is 2.70. The molecule has 1 unspecified atom stereocenters. The summed E-state index contributed by atoms with van der Waals surface area (Å²) in [5.74, 6) is 2.70. The number of benzene rings is 1. The number of hydrogen-bond acceptors (Lipinski definition) is 1. The zero-order valence-corrected chi connectivity index (χ0v) is 9.31. The lowest BCUT2D eigenvalue weighted by molar-refractivity contribution is 1.39. The van der Waals surface area contributed by atoms with Gasteiger partial charge in [-0.25, -0.2) is 0 Å². The normalized spacial score (nSPS) is 33.5. The SMILES string of the molecule is CS1(c2ccc(Cl)cc2)CCS1. The van der Waals surface area contributed by atoms with Gasteiger partial charge in [-0.05, 0) is 41.2 Å². The first kappa shape index (κ1) is 8.79. The highest BCUT2D eigenvalue weighted by molar-refractivity contribution is 8.96. The van der Waals surface area contributed by atoms with Crippen molar-refractivity contribution in [2.45, 2.75) is 4.90 Å². The molecule has 1 saturated heterocycles. The van der Waals surface area contributed by atoms with Crippen molar-refractivity contribution in [1.82, 2.24) is 0 Å². The molecule has 3 heteroatoms. The van der Waals surface area contributed by atoms with Crippen LogP contribution >= 0.6 is 31.5 Å². The predicted molar refractivity (Wildman–Crippen MR) is 60.6 cm³/mol. The van der Waals surface area contributed by atoms with E-state index in [9.17, 15) is 0 Å². The summed E-state index contributed by atoms with van der Waals surface area (Å²) in [5.41, 5.74) is 0. The maximum atomic E-state index is 5.83. The van der Waals surface area contributed by atoms with E-state index in [0.717, 1.165) is 5.02 Å². The summed E-state index contributed by atoms with van der Waals surface area (Å²) in [7, 11) is 1.63. The third-order valence-electron chi connectivity index (χ3n) is 2.13. The Kier molecular flexibility index (Phi) is 2.32. The average molecular weight is 219 g/mol. The Morgan fingerprint density at radius 3 is 2.33 bits per heavy atom. The van der Waals surface area contributed by atoms with Gasteiger partial charge in [0.25, 0.3) is 0 Å². The molecule has 0 aliphatic carbocycles. The Balaban J connectivity index is 2.28. The molecule has 66 valence electrons. The zero-order chi connectivity index (χ0) is 8.60. The lowest BCUT2D eigenvalue weighted by Crippen LogP contribution is -2.12. The molecule has 0 amide bonds. The van der Waals surface area contributed by atoms with Crippen molar-refractivity contribution in [3.8, 4) is 0 Å². The molecule has 1 aliphatic rings. The average Bonchev–Trinajstić information content (AvgIpc) is 2.02. The quantitative estimate of drug-likeness (QED) is 0.647. The maximum Gasteiger partial charge on any atom is 0.0406 e. The van der Waals surface area contributed by atoms with E-state index < -0.39 is 9.06 Å². The topological polar surface area (TPSA) is 0 Å². The Morgan fingerprint density at radius 2 is 1.92 bits per heavy atom. The fraction of sp³-hybridized carbons (Fsp3) is 0.333. The molecule has 0 saturated carbocycles. The molecule has 1 aromatic carbocycles. The van der Waals surface area contributed by atoms with Gasteiger partial charge in [-0.3, -0.25) is 0 Å². The summed E-state index contributed by atoms with van der Waals surface area (Å²) in [4.78, 5) is 1.49. The van der Waals surface area contributed by atoms with Crippen molar-refractivity contribution in [1.29, 1.82) is 0 Å². The summed E-state index contributed by atoms with van der Waals surface area (Å²) in [6.45, 7) is 0. The van der Waals surface area contributed by atoms with E-state index in [0.29, 0.717) is 0 Å². The van der Waals surface area contributed by atoms with E-state index in [1.165, 1.54) is 16.4 Å². The van der Waals surface area contributed by atoms with Crippen molar-refractivity contribution in [3.05, 3.63) is 29.3 Å². The van der Waals surface area contributed by atoms with E-state index in [1.807, 2.05) is 12.1 Å². The molecule has 1 atom stereocenters. The largest absolute Gasteiger partial charge is 0.168 e. The monoisotopic (exact) mass is 218 g/mol. The first-order chi connectivity index (χ1) is 5.71. The van der Waals surface area contributed by atoms with E-state index in [4.69, 9.17) is 11.6 Å². The minimum absolute atomic E-state index is 0.476. The summed E-state index contributed by atoms with van der Waals surface area (Å²) >= 11 is 5.83. The van der Waals surface area contributed by atoms with E-state index in [-0.39, 0.29) is 0 Å². The van der Waals surface area contributed by atoms with E-state index in [2.05, 4.69) is 29.2 Å². The summed E-state index contributed by atoms with van der Waals surface area (Å²) in [6.07, 6.45) is 2.38. The molecule has 0 aromatic heterocycles. The first-order valence-corrected chi connectivity index (χ1v) is 7.96. The molecule has 0 N–H and O–H groups in total. The lowest BCUT2D eigenvalue weighted by atomic mass is 10.4. The Hall–Kier alpha value is 0.210. The Morgan fingerprint density at radius 1 is 1.33 bits per heavy atom. The Bertz CT molecular complexity index is 277. The second-order valence-corrected chi connectivity index (χ2v) is 9.87. The van der Waals surface area contributed by atoms with Gasteiger partial charge in [0.2, 0.25) is 0 Å². The molecule has 1 aromatic rings. The van der Waals surface area contributed by atoms with Gasteiger partial charge in [-0.2, -0.15) is 9.06 Å². The zero-order valence-electron chi connectivity index (χ0n) is 6.92. The fourth-order valence-corrected chi connectivity index (χ4v) is 5.86. The van der Waals surface area contributed by atoms with Gasteiger partial charge in [-0.1, -0.05) is 11.6 Å². The van der Waals surface area contributed by atoms with Crippen LogP contribution in [0.2, 0.25) is 5.02 Å². The van der Waals surface area contributed by atoms with Crippen LogP contribution in [-0.4, -0.2) is 17.8 Å². The highest BCUT2D eigenvalue weighted by atomic mass is 35.5. The molecule has 0 nitrogen and oxygen atoms in total. The number of hydrogen-bond donors (Lipinski definition) is 0. The van der Waals surface area contributed by atoms with Crippen LogP contribution in [0.5, 0.6) is 0 Å². The second-order valence-electron chi connectivity index (χ2n) is 2.99. The lowest BCUT2D eigenvalue weighted by Gasteiger charge is -2.43. The van der Waals surface area contributed by atoms with Crippen molar-refractivity contribution in [2.75, 3.05) is 17.8 Å². The number of rotatable bonds is 1. The third kappa shape index (κ3) is 1.48. The minimum atomic E-state index is -0.476.